The molecule has 3 nitrogen and oxygen atoms in total. The first-order valence-electron chi connectivity index (χ1n) is 9.01. The lowest BCUT2D eigenvalue weighted by atomic mass is 9.77. The Bertz CT molecular complexity index is 280. The molecule has 1 aliphatic carbocycles. The maximum Gasteiger partial charge on any atom is 0.0113 e. The summed E-state index contributed by atoms with van der Waals surface area (Å²) in [5.41, 5.74) is 0. The molecule has 2 aliphatic heterocycles. The van der Waals surface area contributed by atoms with E-state index in [4.69, 9.17) is 0 Å². The largest absolute Gasteiger partial charge is 0.314 e. The van der Waals surface area contributed by atoms with Gasteiger partial charge in [0.15, 0.2) is 0 Å². The third-order valence-electron chi connectivity index (χ3n) is 5.85. The van der Waals surface area contributed by atoms with Crippen LogP contribution in [0.5, 0.6) is 0 Å². The Morgan fingerprint density at radius 2 is 1.65 bits per heavy atom. The monoisotopic (exact) mass is 279 g/mol. The lowest BCUT2D eigenvalue weighted by molar-refractivity contribution is 0.150. The fraction of sp³-hybridized carbons (Fsp3) is 1.00. The van der Waals surface area contributed by atoms with E-state index < -0.39 is 0 Å². The molecule has 3 aliphatic rings. The van der Waals surface area contributed by atoms with Crippen molar-refractivity contribution >= 4 is 0 Å². The highest BCUT2D eigenvalue weighted by molar-refractivity contribution is 4.92. The second-order valence-electron chi connectivity index (χ2n) is 7.36. The summed E-state index contributed by atoms with van der Waals surface area (Å²) in [6, 6.07) is 2.36. The number of hydrogen-bond acceptors (Lipinski definition) is 3. The smallest absolute Gasteiger partial charge is 0.0113 e. The lowest BCUT2D eigenvalue weighted by Crippen LogP contribution is -2.54. The molecule has 0 spiro atoms. The molecule has 116 valence electrons. The Kier molecular flexibility index (Phi) is 5.36. The van der Waals surface area contributed by atoms with Gasteiger partial charge >= 0.3 is 0 Å². The maximum atomic E-state index is 4.06. The fourth-order valence-electron chi connectivity index (χ4n) is 4.57. The minimum atomic E-state index is 0.778. The third kappa shape index (κ3) is 3.75. The van der Waals surface area contributed by atoms with E-state index >= 15 is 0 Å². The van der Waals surface area contributed by atoms with Gasteiger partial charge in [0.2, 0.25) is 0 Å². The van der Waals surface area contributed by atoms with E-state index in [0.29, 0.717) is 0 Å². The molecule has 0 radical (unpaired) electrons. The SMILES string of the molecule is CN1CCC(NC2CCCCC2C2CCCCN2)CC1. The summed E-state index contributed by atoms with van der Waals surface area (Å²) in [5, 5.41) is 7.87. The van der Waals surface area contributed by atoms with E-state index in [1.807, 2.05) is 0 Å². The summed E-state index contributed by atoms with van der Waals surface area (Å²) in [5.74, 6) is 0.892. The molecular weight excluding hydrogens is 246 g/mol. The van der Waals surface area contributed by atoms with Crippen molar-refractivity contribution in [3.8, 4) is 0 Å². The Balaban J connectivity index is 1.54. The minimum Gasteiger partial charge on any atom is -0.314 e. The number of rotatable bonds is 3. The zero-order chi connectivity index (χ0) is 13.8. The highest BCUT2D eigenvalue weighted by atomic mass is 15.1. The molecule has 3 unspecified atom stereocenters. The summed E-state index contributed by atoms with van der Waals surface area (Å²) >= 11 is 0. The van der Waals surface area contributed by atoms with Gasteiger partial charge in [-0.25, -0.2) is 0 Å². The second-order valence-corrected chi connectivity index (χ2v) is 7.36. The van der Waals surface area contributed by atoms with Crippen LogP contribution < -0.4 is 10.6 Å². The maximum absolute atomic E-state index is 4.06. The first-order valence-corrected chi connectivity index (χ1v) is 9.01. The van der Waals surface area contributed by atoms with Crippen LogP contribution in [0.3, 0.4) is 0 Å². The van der Waals surface area contributed by atoms with E-state index in [9.17, 15) is 0 Å². The molecule has 0 aromatic carbocycles. The topological polar surface area (TPSA) is 27.3 Å². The van der Waals surface area contributed by atoms with Gasteiger partial charge in [0.05, 0.1) is 0 Å². The molecule has 0 aromatic heterocycles. The molecule has 0 amide bonds. The Labute approximate surface area is 124 Å². The second kappa shape index (κ2) is 7.24. The predicted octanol–water partition coefficient (Wildman–Crippen LogP) is 2.37. The van der Waals surface area contributed by atoms with Crippen molar-refractivity contribution in [2.45, 2.75) is 75.9 Å². The first-order chi connectivity index (χ1) is 9.83. The molecule has 2 saturated heterocycles. The zero-order valence-electron chi connectivity index (χ0n) is 13.2. The molecule has 3 atom stereocenters. The quantitative estimate of drug-likeness (QED) is 0.830. The molecule has 2 N–H and O–H groups in total. The van der Waals surface area contributed by atoms with Crippen LogP contribution in [0.2, 0.25) is 0 Å². The van der Waals surface area contributed by atoms with Gasteiger partial charge in [-0.05, 0) is 71.1 Å². The summed E-state index contributed by atoms with van der Waals surface area (Å²) < 4.78 is 0. The van der Waals surface area contributed by atoms with Crippen molar-refractivity contribution in [1.29, 1.82) is 0 Å². The van der Waals surface area contributed by atoms with Crippen LogP contribution in [0.1, 0.15) is 57.8 Å². The average Bonchev–Trinajstić information content (AvgIpc) is 2.51. The fourth-order valence-corrected chi connectivity index (χ4v) is 4.57. The van der Waals surface area contributed by atoms with Gasteiger partial charge in [-0.3, -0.25) is 0 Å². The van der Waals surface area contributed by atoms with Crippen LogP contribution in [0.25, 0.3) is 0 Å². The molecule has 20 heavy (non-hydrogen) atoms. The van der Waals surface area contributed by atoms with Crippen molar-refractivity contribution in [3.05, 3.63) is 0 Å². The Hall–Kier alpha value is -0.120. The summed E-state index contributed by atoms with van der Waals surface area (Å²) in [6.45, 7) is 3.80. The molecule has 3 heteroatoms. The van der Waals surface area contributed by atoms with Crippen LogP contribution in [0.15, 0.2) is 0 Å². The van der Waals surface area contributed by atoms with Gasteiger partial charge in [0.1, 0.15) is 0 Å². The molecule has 3 fully saturated rings. The molecule has 1 saturated carbocycles. The Morgan fingerprint density at radius 3 is 2.40 bits per heavy atom. The summed E-state index contributed by atoms with van der Waals surface area (Å²) in [4.78, 5) is 2.47. The number of nitrogens with one attached hydrogen (secondary N) is 2. The normalized spacial score (nSPS) is 38.0. The van der Waals surface area contributed by atoms with E-state index in [1.165, 1.54) is 77.4 Å². The van der Waals surface area contributed by atoms with Crippen LogP contribution >= 0.6 is 0 Å². The van der Waals surface area contributed by atoms with Gasteiger partial charge in [-0.1, -0.05) is 19.3 Å². The minimum absolute atomic E-state index is 0.778. The third-order valence-corrected chi connectivity index (χ3v) is 5.85. The molecule has 0 aromatic rings. The van der Waals surface area contributed by atoms with Crippen LogP contribution in [0.4, 0.5) is 0 Å². The van der Waals surface area contributed by atoms with Gasteiger partial charge in [-0.15, -0.1) is 0 Å². The van der Waals surface area contributed by atoms with E-state index in [1.54, 1.807) is 0 Å². The summed E-state index contributed by atoms with van der Waals surface area (Å²) in [6.07, 6.45) is 12.7. The van der Waals surface area contributed by atoms with Gasteiger partial charge in [-0.2, -0.15) is 0 Å². The van der Waals surface area contributed by atoms with Gasteiger partial charge in [0, 0.05) is 18.1 Å². The van der Waals surface area contributed by atoms with E-state index in [0.717, 1.165) is 24.0 Å². The lowest BCUT2D eigenvalue weighted by Gasteiger charge is -2.42. The Morgan fingerprint density at radius 1 is 0.900 bits per heavy atom. The van der Waals surface area contributed by atoms with Crippen molar-refractivity contribution in [2.24, 2.45) is 5.92 Å². The highest BCUT2D eigenvalue weighted by Crippen LogP contribution is 2.31. The van der Waals surface area contributed by atoms with Crippen LogP contribution in [-0.2, 0) is 0 Å². The van der Waals surface area contributed by atoms with Crippen molar-refractivity contribution in [2.75, 3.05) is 26.7 Å². The standard InChI is InChI=1S/C17H33N3/c1-20-12-9-14(10-13-20)19-17-8-3-2-6-15(17)16-7-4-5-11-18-16/h14-19H,2-13H2,1H3. The van der Waals surface area contributed by atoms with E-state index in [2.05, 4.69) is 22.6 Å². The number of nitrogens with zero attached hydrogens (tertiary/aromatic N) is 1. The molecule has 0 bridgehead atoms. The molecular formula is C17H33N3. The number of likely N-dealkylation sites (tertiary alicyclic amines) is 1. The average molecular weight is 279 g/mol. The van der Waals surface area contributed by atoms with Crippen LogP contribution in [0, 0.1) is 5.92 Å². The van der Waals surface area contributed by atoms with Crippen molar-refractivity contribution < 1.29 is 0 Å². The highest BCUT2D eigenvalue weighted by Gasteiger charge is 2.33. The number of piperidine rings is 2. The van der Waals surface area contributed by atoms with Gasteiger partial charge < -0.3 is 15.5 Å². The molecule has 2 heterocycles. The predicted molar refractivity (Wildman–Crippen MR) is 85.0 cm³/mol. The molecule has 3 rings (SSSR count). The van der Waals surface area contributed by atoms with Crippen LogP contribution in [-0.4, -0.2) is 49.7 Å². The van der Waals surface area contributed by atoms with Crippen molar-refractivity contribution in [1.82, 2.24) is 15.5 Å². The summed E-state index contributed by atoms with van der Waals surface area (Å²) in [7, 11) is 2.26. The number of hydrogen-bond donors (Lipinski definition) is 2. The van der Waals surface area contributed by atoms with E-state index in [-0.39, 0.29) is 0 Å². The zero-order valence-corrected chi connectivity index (χ0v) is 13.2. The van der Waals surface area contributed by atoms with Gasteiger partial charge in [0.25, 0.3) is 0 Å². The van der Waals surface area contributed by atoms with Crippen molar-refractivity contribution in [3.63, 3.8) is 0 Å². The first kappa shape index (κ1) is 14.8.